The lowest BCUT2D eigenvalue weighted by atomic mass is 10.1. The van der Waals surface area contributed by atoms with Gasteiger partial charge in [0.05, 0.1) is 12.1 Å². The summed E-state index contributed by atoms with van der Waals surface area (Å²) in [7, 11) is 0. The maximum absolute atomic E-state index is 12.4. The number of hydrogen-bond donors (Lipinski definition) is 0. The van der Waals surface area contributed by atoms with Crippen LogP contribution >= 0.6 is 0 Å². The summed E-state index contributed by atoms with van der Waals surface area (Å²) in [6.45, 7) is 8.07. The molecule has 1 amide bonds. The van der Waals surface area contributed by atoms with E-state index in [0.29, 0.717) is 6.42 Å². The zero-order chi connectivity index (χ0) is 16.2. The van der Waals surface area contributed by atoms with Gasteiger partial charge in [0, 0.05) is 38.8 Å². The lowest BCUT2D eigenvalue weighted by molar-refractivity contribution is -0.132. The standard InChI is InChI=1S/C18H23N3O2/c1-14-3-5-16(6-4-14)12-18(22)21-9-7-20(8-10-21)13-17-11-15(2)23-19-17/h3-6,11H,7-10,12-13H2,1-2H3. The van der Waals surface area contributed by atoms with Crippen LogP contribution in [0, 0.1) is 13.8 Å². The Morgan fingerprint density at radius 2 is 1.83 bits per heavy atom. The molecule has 5 nitrogen and oxygen atoms in total. The quantitative estimate of drug-likeness (QED) is 0.868. The van der Waals surface area contributed by atoms with Gasteiger partial charge in [0.15, 0.2) is 0 Å². The van der Waals surface area contributed by atoms with Gasteiger partial charge in [-0.3, -0.25) is 9.69 Å². The Morgan fingerprint density at radius 3 is 2.43 bits per heavy atom. The van der Waals surface area contributed by atoms with Crippen LogP contribution in [0.1, 0.15) is 22.6 Å². The van der Waals surface area contributed by atoms with Crippen molar-refractivity contribution in [3.8, 4) is 0 Å². The molecule has 0 radical (unpaired) electrons. The minimum Gasteiger partial charge on any atom is -0.361 e. The third kappa shape index (κ3) is 4.20. The SMILES string of the molecule is Cc1ccc(CC(=O)N2CCN(Cc3cc(C)on3)CC2)cc1. The maximum atomic E-state index is 12.4. The molecule has 1 aromatic heterocycles. The fourth-order valence-electron chi connectivity index (χ4n) is 2.87. The predicted octanol–water partition coefficient (Wildman–Crippen LogP) is 2.18. The Hall–Kier alpha value is -2.14. The molecule has 3 rings (SSSR count). The normalized spacial score (nSPS) is 15.8. The van der Waals surface area contributed by atoms with Gasteiger partial charge in [0.25, 0.3) is 0 Å². The van der Waals surface area contributed by atoms with Crippen LogP contribution in [0.15, 0.2) is 34.9 Å². The summed E-state index contributed by atoms with van der Waals surface area (Å²) in [5.74, 6) is 1.05. The van der Waals surface area contributed by atoms with E-state index in [-0.39, 0.29) is 5.91 Å². The average Bonchev–Trinajstić information content (AvgIpc) is 2.95. The molecule has 0 N–H and O–H groups in total. The molecule has 5 heteroatoms. The van der Waals surface area contributed by atoms with Crippen molar-refractivity contribution in [3.63, 3.8) is 0 Å². The second-order valence-corrected chi connectivity index (χ2v) is 6.25. The molecule has 122 valence electrons. The molecular weight excluding hydrogens is 290 g/mol. The number of rotatable bonds is 4. The monoisotopic (exact) mass is 313 g/mol. The van der Waals surface area contributed by atoms with Gasteiger partial charge in [-0.15, -0.1) is 0 Å². The summed E-state index contributed by atoms with van der Waals surface area (Å²) in [6.07, 6.45) is 0.489. The van der Waals surface area contributed by atoms with Crippen molar-refractivity contribution in [2.45, 2.75) is 26.8 Å². The van der Waals surface area contributed by atoms with E-state index in [2.05, 4.69) is 29.1 Å². The summed E-state index contributed by atoms with van der Waals surface area (Å²) in [5.41, 5.74) is 3.26. The highest BCUT2D eigenvalue weighted by molar-refractivity contribution is 5.78. The van der Waals surface area contributed by atoms with Gasteiger partial charge in [-0.2, -0.15) is 0 Å². The van der Waals surface area contributed by atoms with E-state index in [4.69, 9.17) is 4.52 Å². The van der Waals surface area contributed by atoms with Crippen molar-refractivity contribution in [2.75, 3.05) is 26.2 Å². The highest BCUT2D eigenvalue weighted by Gasteiger charge is 2.21. The Kier molecular flexibility index (Phi) is 4.76. The van der Waals surface area contributed by atoms with Gasteiger partial charge in [-0.05, 0) is 19.4 Å². The first-order chi connectivity index (χ1) is 11.1. The number of piperazine rings is 1. The van der Waals surface area contributed by atoms with Gasteiger partial charge in [-0.1, -0.05) is 35.0 Å². The Labute approximate surface area is 136 Å². The van der Waals surface area contributed by atoms with Crippen LogP contribution in [0.5, 0.6) is 0 Å². The van der Waals surface area contributed by atoms with E-state index in [1.807, 2.05) is 30.0 Å². The third-order valence-electron chi connectivity index (χ3n) is 4.26. The van der Waals surface area contributed by atoms with E-state index in [0.717, 1.165) is 49.7 Å². The Balaban J connectivity index is 1.48. The van der Waals surface area contributed by atoms with Crippen molar-refractivity contribution in [2.24, 2.45) is 0 Å². The van der Waals surface area contributed by atoms with Crippen LogP contribution < -0.4 is 0 Å². The molecule has 0 bridgehead atoms. The highest BCUT2D eigenvalue weighted by Crippen LogP contribution is 2.11. The second kappa shape index (κ2) is 6.96. The first kappa shape index (κ1) is 15.7. The summed E-state index contributed by atoms with van der Waals surface area (Å²) in [4.78, 5) is 16.7. The van der Waals surface area contributed by atoms with Gasteiger partial charge in [0.1, 0.15) is 5.76 Å². The maximum Gasteiger partial charge on any atom is 0.227 e. The summed E-state index contributed by atoms with van der Waals surface area (Å²) in [6, 6.07) is 10.2. The van der Waals surface area contributed by atoms with Crippen LogP contribution in [-0.4, -0.2) is 47.0 Å². The number of nitrogens with zero attached hydrogens (tertiary/aromatic N) is 3. The summed E-state index contributed by atoms with van der Waals surface area (Å²) >= 11 is 0. The second-order valence-electron chi connectivity index (χ2n) is 6.25. The van der Waals surface area contributed by atoms with Gasteiger partial charge in [0.2, 0.25) is 5.91 Å². The van der Waals surface area contributed by atoms with E-state index in [1.165, 1.54) is 5.56 Å². The largest absolute Gasteiger partial charge is 0.361 e. The fraction of sp³-hybridized carbons (Fsp3) is 0.444. The molecular formula is C18H23N3O2. The Morgan fingerprint density at radius 1 is 1.13 bits per heavy atom. The number of carbonyl (C=O) groups is 1. The van der Waals surface area contributed by atoms with Crippen LogP contribution in [0.2, 0.25) is 0 Å². The van der Waals surface area contributed by atoms with Crippen molar-refractivity contribution in [1.82, 2.24) is 15.0 Å². The Bertz CT molecular complexity index is 655. The smallest absolute Gasteiger partial charge is 0.227 e. The molecule has 2 aromatic rings. The van der Waals surface area contributed by atoms with Crippen molar-refractivity contribution in [1.29, 1.82) is 0 Å². The molecule has 0 unspecified atom stereocenters. The van der Waals surface area contributed by atoms with Crippen LogP contribution in [0.3, 0.4) is 0 Å². The molecule has 0 atom stereocenters. The minimum atomic E-state index is 0.214. The number of benzene rings is 1. The van der Waals surface area contributed by atoms with Crippen molar-refractivity contribution < 1.29 is 9.32 Å². The molecule has 1 aromatic carbocycles. The zero-order valence-electron chi connectivity index (χ0n) is 13.8. The zero-order valence-corrected chi connectivity index (χ0v) is 13.8. The van der Waals surface area contributed by atoms with Crippen LogP contribution in [-0.2, 0) is 17.8 Å². The van der Waals surface area contributed by atoms with Crippen molar-refractivity contribution >= 4 is 5.91 Å². The number of carbonyl (C=O) groups excluding carboxylic acids is 1. The molecule has 0 spiro atoms. The molecule has 1 aliphatic heterocycles. The van der Waals surface area contributed by atoms with Crippen molar-refractivity contribution in [3.05, 3.63) is 52.9 Å². The highest BCUT2D eigenvalue weighted by atomic mass is 16.5. The average molecular weight is 313 g/mol. The van der Waals surface area contributed by atoms with Gasteiger partial charge in [-0.25, -0.2) is 0 Å². The summed E-state index contributed by atoms with van der Waals surface area (Å²) < 4.78 is 5.10. The topological polar surface area (TPSA) is 49.6 Å². The number of aryl methyl sites for hydroxylation is 2. The third-order valence-corrected chi connectivity index (χ3v) is 4.26. The molecule has 1 saturated heterocycles. The number of aromatic nitrogens is 1. The first-order valence-corrected chi connectivity index (χ1v) is 8.08. The number of hydrogen-bond acceptors (Lipinski definition) is 4. The molecule has 0 aliphatic carbocycles. The first-order valence-electron chi connectivity index (χ1n) is 8.08. The minimum absolute atomic E-state index is 0.214. The van der Waals surface area contributed by atoms with E-state index in [9.17, 15) is 4.79 Å². The predicted molar refractivity (Wildman–Crippen MR) is 88.0 cm³/mol. The molecule has 2 heterocycles. The van der Waals surface area contributed by atoms with Crippen LogP contribution in [0.4, 0.5) is 0 Å². The molecule has 23 heavy (non-hydrogen) atoms. The lowest BCUT2D eigenvalue weighted by Gasteiger charge is -2.34. The van der Waals surface area contributed by atoms with Gasteiger partial charge >= 0.3 is 0 Å². The number of amides is 1. The van der Waals surface area contributed by atoms with Crippen LogP contribution in [0.25, 0.3) is 0 Å². The molecule has 1 fully saturated rings. The van der Waals surface area contributed by atoms with E-state index in [1.54, 1.807) is 0 Å². The fourth-order valence-corrected chi connectivity index (χ4v) is 2.87. The van der Waals surface area contributed by atoms with E-state index < -0.39 is 0 Å². The molecule has 0 saturated carbocycles. The summed E-state index contributed by atoms with van der Waals surface area (Å²) in [5, 5.41) is 4.03. The molecule has 1 aliphatic rings. The van der Waals surface area contributed by atoms with E-state index >= 15 is 0 Å². The van der Waals surface area contributed by atoms with Gasteiger partial charge < -0.3 is 9.42 Å². The lowest BCUT2D eigenvalue weighted by Crippen LogP contribution is -2.48.